The fourth-order valence-electron chi connectivity index (χ4n) is 3.80. The maximum absolute atomic E-state index is 12.9. The SMILES string of the molecule is CN(Cc1ccc(C(N)=O)cc1)C1CCc2[nH]n(-c3ccccn3)c(=O)c2C1. The zero-order valence-electron chi connectivity index (χ0n) is 15.8. The minimum absolute atomic E-state index is 0.0161. The third kappa shape index (κ3) is 3.48. The van der Waals surface area contributed by atoms with Gasteiger partial charge in [0.2, 0.25) is 5.91 Å². The lowest BCUT2D eigenvalue weighted by Gasteiger charge is -2.30. The van der Waals surface area contributed by atoms with Gasteiger partial charge in [-0.2, -0.15) is 0 Å². The maximum atomic E-state index is 12.9. The van der Waals surface area contributed by atoms with Crippen LogP contribution in [0.1, 0.15) is 33.6 Å². The fraction of sp³-hybridized carbons (Fsp3) is 0.286. The van der Waals surface area contributed by atoms with Crippen molar-refractivity contribution in [2.75, 3.05) is 7.05 Å². The molecule has 1 amide bonds. The second-order valence-electron chi connectivity index (χ2n) is 7.27. The summed E-state index contributed by atoms with van der Waals surface area (Å²) in [5, 5.41) is 3.22. The van der Waals surface area contributed by atoms with Gasteiger partial charge in [-0.25, -0.2) is 9.67 Å². The van der Waals surface area contributed by atoms with Crippen molar-refractivity contribution < 1.29 is 4.79 Å². The zero-order chi connectivity index (χ0) is 19.7. The van der Waals surface area contributed by atoms with E-state index >= 15 is 0 Å². The monoisotopic (exact) mass is 377 g/mol. The highest BCUT2D eigenvalue weighted by molar-refractivity contribution is 5.92. The van der Waals surface area contributed by atoms with Crippen LogP contribution in [-0.4, -0.2) is 38.7 Å². The van der Waals surface area contributed by atoms with Crippen molar-refractivity contribution in [3.05, 3.63) is 81.4 Å². The second-order valence-corrected chi connectivity index (χ2v) is 7.27. The Bertz CT molecular complexity index is 1040. The number of hydrogen-bond acceptors (Lipinski definition) is 4. The van der Waals surface area contributed by atoms with E-state index in [1.54, 1.807) is 18.3 Å². The van der Waals surface area contributed by atoms with Crippen molar-refractivity contribution >= 4 is 5.91 Å². The highest BCUT2D eigenvalue weighted by Crippen LogP contribution is 2.22. The first kappa shape index (κ1) is 18.2. The summed E-state index contributed by atoms with van der Waals surface area (Å²) in [5.74, 6) is 0.192. The number of nitrogens with one attached hydrogen (secondary N) is 1. The van der Waals surface area contributed by atoms with E-state index in [9.17, 15) is 9.59 Å². The smallest absolute Gasteiger partial charge is 0.276 e. The van der Waals surface area contributed by atoms with Crippen molar-refractivity contribution in [1.29, 1.82) is 0 Å². The van der Waals surface area contributed by atoms with Crippen LogP contribution in [0.2, 0.25) is 0 Å². The van der Waals surface area contributed by atoms with Crippen molar-refractivity contribution in [2.24, 2.45) is 5.73 Å². The Labute approximate surface area is 162 Å². The molecule has 1 aromatic carbocycles. The number of H-pyrrole nitrogens is 1. The molecular formula is C21H23N5O2. The Kier molecular flexibility index (Phi) is 4.83. The molecule has 3 aromatic rings. The first-order valence-electron chi connectivity index (χ1n) is 9.36. The van der Waals surface area contributed by atoms with E-state index in [2.05, 4.69) is 22.0 Å². The number of carbonyl (C=O) groups is 1. The predicted octanol–water partition coefficient (Wildman–Crippen LogP) is 1.65. The van der Waals surface area contributed by atoms with Gasteiger partial charge in [-0.05, 0) is 56.1 Å². The summed E-state index contributed by atoms with van der Waals surface area (Å²) in [5.41, 5.74) is 8.75. The minimum atomic E-state index is -0.420. The van der Waals surface area contributed by atoms with Crippen molar-refractivity contribution in [3.63, 3.8) is 0 Å². The number of hydrogen-bond donors (Lipinski definition) is 2. The molecule has 1 atom stereocenters. The molecule has 2 aromatic heterocycles. The Balaban J connectivity index is 1.50. The van der Waals surface area contributed by atoms with Crippen LogP contribution in [-0.2, 0) is 19.4 Å². The normalized spacial score (nSPS) is 16.1. The third-order valence-corrected chi connectivity index (χ3v) is 5.41. The molecule has 0 radical (unpaired) electrons. The lowest BCUT2D eigenvalue weighted by atomic mass is 9.92. The van der Waals surface area contributed by atoms with E-state index < -0.39 is 5.91 Å². The number of benzene rings is 1. The van der Waals surface area contributed by atoms with Crippen LogP contribution in [0.15, 0.2) is 53.5 Å². The molecule has 4 rings (SSSR count). The fourth-order valence-corrected chi connectivity index (χ4v) is 3.80. The van der Waals surface area contributed by atoms with Gasteiger partial charge in [0.25, 0.3) is 5.56 Å². The molecule has 28 heavy (non-hydrogen) atoms. The van der Waals surface area contributed by atoms with Crippen molar-refractivity contribution in [1.82, 2.24) is 19.7 Å². The molecule has 0 bridgehead atoms. The summed E-state index contributed by atoms with van der Waals surface area (Å²) in [7, 11) is 2.07. The molecule has 0 saturated heterocycles. The van der Waals surface area contributed by atoms with Gasteiger partial charge in [0.15, 0.2) is 5.82 Å². The Morgan fingerprint density at radius 1 is 1.29 bits per heavy atom. The average molecular weight is 377 g/mol. The molecule has 0 spiro atoms. The van der Waals surface area contributed by atoms with Crippen LogP contribution >= 0.6 is 0 Å². The molecule has 7 heteroatoms. The quantitative estimate of drug-likeness (QED) is 0.706. The number of nitrogens with two attached hydrogens (primary N) is 1. The number of aryl methyl sites for hydroxylation is 1. The number of rotatable bonds is 5. The van der Waals surface area contributed by atoms with E-state index in [0.717, 1.165) is 36.2 Å². The lowest BCUT2D eigenvalue weighted by Crippen LogP contribution is -2.37. The molecule has 2 heterocycles. The highest BCUT2D eigenvalue weighted by Gasteiger charge is 2.27. The Morgan fingerprint density at radius 3 is 2.75 bits per heavy atom. The van der Waals surface area contributed by atoms with Crippen LogP contribution in [0.25, 0.3) is 5.82 Å². The first-order valence-corrected chi connectivity index (χ1v) is 9.36. The molecule has 0 fully saturated rings. The molecule has 0 aliphatic heterocycles. The van der Waals surface area contributed by atoms with Gasteiger partial charge in [0.1, 0.15) is 0 Å². The zero-order valence-corrected chi connectivity index (χ0v) is 15.8. The molecule has 1 aliphatic carbocycles. The Morgan fingerprint density at radius 2 is 2.07 bits per heavy atom. The molecule has 0 saturated carbocycles. The number of amides is 1. The topological polar surface area (TPSA) is 97.0 Å². The number of pyridine rings is 1. The summed E-state index contributed by atoms with van der Waals surface area (Å²) in [6.45, 7) is 0.748. The van der Waals surface area contributed by atoms with Crippen LogP contribution in [0.3, 0.4) is 0 Å². The number of aromatic nitrogens is 3. The van der Waals surface area contributed by atoms with E-state index in [0.29, 0.717) is 17.8 Å². The number of carbonyl (C=O) groups excluding carboxylic acids is 1. The van der Waals surface area contributed by atoms with Gasteiger partial charge in [-0.3, -0.25) is 19.6 Å². The van der Waals surface area contributed by atoms with Gasteiger partial charge in [-0.15, -0.1) is 0 Å². The van der Waals surface area contributed by atoms with Gasteiger partial charge < -0.3 is 5.73 Å². The second kappa shape index (κ2) is 7.44. The van der Waals surface area contributed by atoms with Crippen LogP contribution in [0.4, 0.5) is 0 Å². The molecule has 144 valence electrons. The minimum Gasteiger partial charge on any atom is -0.366 e. The van der Waals surface area contributed by atoms with Gasteiger partial charge in [-0.1, -0.05) is 18.2 Å². The van der Waals surface area contributed by atoms with E-state index in [-0.39, 0.29) is 11.6 Å². The average Bonchev–Trinajstić information content (AvgIpc) is 3.05. The number of primary amides is 1. The molecule has 3 N–H and O–H groups in total. The third-order valence-electron chi connectivity index (χ3n) is 5.41. The number of fused-ring (bicyclic) bond motifs is 1. The van der Waals surface area contributed by atoms with E-state index in [1.165, 1.54) is 4.68 Å². The van der Waals surface area contributed by atoms with Crippen LogP contribution in [0.5, 0.6) is 0 Å². The molecular weight excluding hydrogens is 354 g/mol. The van der Waals surface area contributed by atoms with Crippen LogP contribution < -0.4 is 11.3 Å². The highest BCUT2D eigenvalue weighted by atomic mass is 16.1. The van der Waals surface area contributed by atoms with Crippen molar-refractivity contribution in [3.8, 4) is 5.82 Å². The van der Waals surface area contributed by atoms with Gasteiger partial charge in [0, 0.05) is 35.6 Å². The first-order chi connectivity index (χ1) is 13.5. The summed E-state index contributed by atoms with van der Waals surface area (Å²) >= 11 is 0. The van der Waals surface area contributed by atoms with Crippen molar-refractivity contribution in [2.45, 2.75) is 31.8 Å². The molecule has 1 aliphatic rings. The van der Waals surface area contributed by atoms with E-state index in [4.69, 9.17) is 5.73 Å². The standard InChI is InChI=1S/C21H23N5O2/c1-25(13-14-5-7-15(8-6-14)20(22)27)16-9-10-18-17(12-16)21(28)26(24-18)19-4-2-3-11-23-19/h2-8,11,16,24H,9-10,12-13H2,1H3,(H2,22,27). The maximum Gasteiger partial charge on any atom is 0.276 e. The molecule has 7 nitrogen and oxygen atoms in total. The molecule has 1 unspecified atom stereocenters. The van der Waals surface area contributed by atoms with E-state index in [1.807, 2.05) is 30.3 Å². The Hall–Kier alpha value is -3.19. The number of likely N-dealkylation sites (N-methyl/N-ethyl adjacent to an activating group) is 1. The van der Waals surface area contributed by atoms with Gasteiger partial charge in [0.05, 0.1) is 0 Å². The largest absolute Gasteiger partial charge is 0.366 e. The summed E-state index contributed by atoms with van der Waals surface area (Å²) in [6.07, 6.45) is 4.20. The number of aromatic amines is 1. The predicted molar refractivity (Wildman–Crippen MR) is 106 cm³/mol. The lowest BCUT2D eigenvalue weighted by molar-refractivity contribution is 0.1000. The summed E-state index contributed by atoms with van der Waals surface area (Å²) < 4.78 is 1.54. The summed E-state index contributed by atoms with van der Waals surface area (Å²) in [4.78, 5) is 30.6. The summed E-state index contributed by atoms with van der Waals surface area (Å²) in [6, 6.07) is 13.2. The number of nitrogens with zero attached hydrogens (tertiary/aromatic N) is 3. The van der Waals surface area contributed by atoms with Crippen LogP contribution in [0, 0.1) is 0 Å². The van der Waals surface area contributed by atoms with Gasteiger partial charge >= 0.3 is 0 Å².